The lowest BCUT2D eigenvalue weighted by atomic mass is 9.95. The molecule has 0 bridgehead atoms. The second-order valence-electron chi connectivity index (χ2n) is 5.13. The lowest BCUT2D eigenvalue weighted by molar-refractivity contribution is 0.219. The molecule has 0 spiro atoms. The van der Waals surface area contributed by atoms with Crippen molar-refractivity contribution in [2.45, 2.75) is 39.7 Å². The molecule has 1 aliphatic rings. The molecule has 16 heavy (non-hydrogen) atoms. The lowest BCUT2D eigenvalue weighted by Gasteiger charge is -2.35. The van der Waals surface area contributed by atoms with Crippen molar-refractivity contribution in [3.8, 4) is 0 Å². The van der Waals surface area contributed by atoms with Gasteiger partial charge in [-0.3, -0.25) is 0 Å². The molecule has 0 aromatic heterocycles. The van der Waals surface area contributed by atoms with Crippen LogP contribution >= 0.6 is 11.6 Å². The van der Waals surface area contributed by atoms with Crippen LogP contribution in [0.15, 0.2) is 0 Å². The van der Waals surface area contributed by atoms with Gasteiger partial charge in [0, 0.05) is 18.5 Å². The normalized spacial score (nSPS) is 30.2. The van der Waals surface area contributed by atoms with E-state index in [1.807, 2.05) is 13.8 Å². The number of rotatable bonds is 4. The van der Waals surface area contributed by atoms with Gasteiger partial charge >= 0.3 is 0 Å². The summed E-state index contributed by atoms with van der Waals surface area (Å²) < 4.78 is 25.9. The molecule has 1 saturated heterocycles. The average Bonchev–Trinajstić information content (AvgIpc) is 2.16. The Morgan fingerprint density at radius 2 is 2.06 bits per heavy atom. The van der Waals surface area contributed by atoms with Crippen LogP contribution < -0.4 is 0 Å². The van der Waals surface area contributed by atoms with Gasteiger partial charge in [-0.05, 0) is 31.6 Å². The first-order valence-electron chi connectivity index (χ1n) is 5.92. The fraction of sp³-hybridized carbons (Fsp3) is 1.00. The first-order valence-corrected chi connectivity index (χ1v) is 8.06. The van der Waals surface area contributed by atoms with Crippen LogP contribution in [0, 0.1) is 11.8 Å². The molecule has 0 N–H and O–H groups in total. The molecule has 5 heteroatoms. The summed E-state index contributed by atoms with van der Waals surface area (Å²) in [6.45, 7) is 6.72. The van der Waals surface area contributed by atoms with Crippen molar-refractivity contribution in [2.24, 2.45) is 11.8 Å². The number of alkyl halides is 1. The zero-order valence-electron chi connectivity index (χ0n) is 10.3. The molecule has 0 saturated carbocycles. The van der Waals surface area contributed by atoms with Crippen molar-refractivity contribution in [3.63, 3.8) is 0 Å². The largest absolute Gasteiger partial charge is 0.214 e. The van der Waals surface area contributed by atoms with Gasteiger partial charge in [0.2, 0.25) is 10.0 Å². The van der Waals surface area contributed by atoms with E-state index in [1.165, 1.54) is 0 Å². The lowest BCUT2D eigenvalue weighted by Crippen LogP contribution is -2.45. The standard InChI is InChI=1S/C11H22ClNO2S/c1-9-4-5-13(11(3)6-9)16(14,15)8-10(2)7-12/h9-11H,4-8H2,1-3H3. The summed E-state index contributed by atoms with van der Waals surface area (Å²) in [4.78, 5) is 0. The minimum atomic E-state index is -3.12. The highest BCUT2D eigenvalue weighted by atomic mass is 35.5. The summed E-state index contributed by atoms with van der Waals surface area (Å²) in [7, 11) is -3.12. The molecule has 0 aliphatic carbocycles. The van der Waals surface area contributed by atoms with Crippen molar-refractivity contribution >= 4 is 21.6 Å². The summed E-state index contributed by atoms with van der Waals surface area (Å²) in [6, 6.07) is 0.135. The van der Waals surface area contributed by atoms with Gasteiger partial charge in [-0.25, -0.2) is 8.42 Å². The number of halogens is 1. The second kappa shape index (κ2) is 5.69. The van der Waals surface area contributed by atoms with E-state index in [2.05, 4.69) is 6.92 Å². The molecule has 3 atom stereocenters. The number of hydrogen-bond donors (Lipinski definition) is 0. The first-order chi connectivity index (χ1) is 7.36. The molecule has 1 aliphatic heterocycles. The Bertz CT molecular complexity index is 318. The van der Waals surface area contributed by atoms with Gasteiger partial charge in [0.05, 0.1) is 5.75 Å². The molecule has 1 rings (SSSR count). The summed E-state index contributed by atoms with van der Waals surface area (Å²) in [5.74, 6) is 1.23. The van der Waals surface area contributed by atoms with Crippen molar-refractivity contribution < 1.29 is 8.42 Å². The quantitative estimate of drug-likeness (QED) is 0.733. The molecule has 3 nitrogen and oxygen atoms in total. The van der Waals surface area contributed by atoms with Crippen LogP contribution in [0.25, 0.3) is 0 Å². The van der Waals surface area contributed by atoms with Crippen LogP contribution in [-0.2, 0) is 10.0 Å². The molecule has 0 radical (unpaired) electrons. The molecule has 3 unspecified atom stereocenters. The maximum absolute atomic E-state index is 12.1. The van der Waals surface area contributed by atoms with Gasteiger partial charge < -0.3 is 0 Å². The third kappa shape index (κ3) is 3.60. The highest BCUT2D eigenvalue weighted by Gasteiger charge is 2.32. The van der Waals surface area contributed by atoms with Crippen LogP contribution in [0.5, 0.6) is 0 Å². The molecule has 0 aromatic carbocycles. The van der Waals surface area contributed by atoms with Crippen LogP contribution in [0.2, 0.25) is 0 Å². The maximum atomic E-state index is 12.1. The minimum absolute atomic E-state index is 0.0261. The third-order valence-electron chi connectivity index (χ3n) is 3.19. The highest BCUT2D eigenvalue weighted by molar-refractivity contribution is 7.89. The summed E-state index contributed by atoms with van der Waals surface area (Å²) in [5.41, 5.74) is 0. The fourth-order valence-electron chi connectivity index (χ4n) is 2.30. The van der Waals surface area contributed by atoms with E-state index >= 15 is 0 Å². The molecule has 1 fully saturated rings. The number of nitrogens with zero attached hydrogens (tertiary/aromatic N) is 1. The van der Waals surface area contributed by atoms with Crippen molar-refractivity contribution in [3.05, 3.63) is 0 Å². The molecule has 1 heterocycles. The van der Waals surface area contributed by atoms with E-state index in [9.17, 15) is 8.42 Å². The van der Waals surface area contributed by atoms with E-state index in [0.717, 1.165) is 12.8 Å². The van der Waals surface area contributed by atoms with E-state index in [0.29, 0.717) is 18.3 Å². The number of piperidine rings is 1. The van der Waals surface area contributed by atoms with Crippen LogP contribution in [0.3, 0.4) is 0 Å². The Balaban J connectivity index is 2.68. The zero-order valence-corrected chi connectivity index (χ0v) is 11.9. The monoisotopic (exact) mass is 267 g/mol. The third-order valence-corrected chi connectivity index (χ3v) is 5.97. The van der Waals surface area contributed by atoms with E-state index < -0.39 is 10.0 Å². The van der Waals surface area contributed by atoms with Crippen LogP contribution in [0.4, 0.5) is 0 Å². The predicted molar refractivity (Wildman–Crippen MR) is 68.2 cm³/mol. The zero-order chi connectivity index (χ0) is 12.3. The van der Waals surface area contributed by atoms with E-state index in [-0.39, 0.29) is 17.7 Å². The average molecular weight is 268 g/mol. The Morgan fingerprint density at radius 3 is 2.56 bits per heavy atom. The van der Waals surface area contributed by atoms with Crippen LogP contribution in [-0.4, -0.2) is 36.9 Å². The number of hydrogen-bond acceptors (Lipinski definition) is 2. The van der Waals surface area contributed by atoms with E-state index in [1.54, 1.807) is 4.31 Å². The highest BCUT2D eigenvalue weighted by Crippen LogP contribution is 2.25. The van der Waals surface area contributed by atoms with Crippen molar-refractivity contribution in [1.29, 1.82) is 0 Å². The SMILES string of the molecule is CC1CCN(S(=O)(=O)CC(C)CCl)C(C)C1. The van der Waals surface area contributed by atoms with Gasteiger partial charge in [0.15, 0.2) is 0 Å². The molecular formula is C11H22ClNO2S. The van der Waals surface area contributed by atoms with E-state index in [4.69, 9.17) is 11.6 Å². The summed E-state index contributed by atoms with van der Waals surface area (Å²) in [5, 5.41) is 0. The van der Waals surface area contributed by atoms with Gasteiger partial charge in [-0.2, -0.15) is 4.31 Å². The Morgan fingerprint density at radius 1 is 1.44 bits per heavy atom. The Kier molecular flexibility index (Phi) is 5.08. The predicted octanol–water partition coefficient (Wildman–Crippen LogP) is 2.31. The topological polar surface area (TPSA) is 37.4 Å². The smallest absolute Gasteiger partial charge is 0.212 e. The first kappa shape index (κ1) is 14.3. The second-order valence-corrected chi connectivity index (χ2v) is 7.40. The Labute approximate surface area is 104 Å². The maximum Gasteiger partial charge on any atom is 0.214 e. The minimum Gasteiger partial charge on any atom is -0.212 e. The van der Waals surface area contributed by atoms with Crippen molar-refractivity contribution in [2.75, 3.05) is 18.2 Å². The number of sulfonamides is 1. The molecule has 96 valence electrons. The van der Waals surface area contributed by atoms with Gasteiger partial charge in [-0.15, -0.1) is 11.6 Å². The molecular weight excluding hydrogens is 246 g/mol. The fourth-order valence-corrected chi connectivity index (χ4v) is 4.58. The molecule has 0 aromatic rings. The van der Waals surface area contributed by atoms with Gasteiger partial charge in [0.1, 0.15) is 0 Å². The molecule has 0 amide bonds. The summed E-state index contributed by atoms with van der Waals surface area (Å²) in [6.07, 6.45) is 1.94. The van der Waals surface area contributed by atoms with Crippen LogP contribution in [0.1, 0.15) is 33.6 Å². The van der Waals surface area contributed by atoms with Gasteiger partial charge in [0.25, 0.3) is 0 Å². The van der Waals surface area contributed by atoms with Crippen molar-refractivity contribution in [1.82, 2.24) is 4.31 Å². The summed E-state index contributed by atoms with van der Waals surface area (Å²) >= 11 is 5.67. The Hall–Kier alpha value is 0.200. The van der Waals surface area contributed by atoms with Gasteiger partial charge in [-0.1, -0.05) is 13.8 Å².